The Hall–Kier alpha value is -6.62. The van der Waals surface area contributed by atoms with E-state index in [-0.39, 0.29) is 5.78 Å². The molecule has 0 unspecified atom stereocenters. The number of carbonyl (C=O) groups is 1. The molecule has 24 heteroatoms. The second kappa shape index (κ2) is 28.5. The molecule has 0 spiro atoms. The van der Waals surface area contributed by atoms with E-state index < -0.39 is 144 Å². The van der Waals surface area contributed by atoms with Gasteiger partial charge in [0.15, 0.2) is 82.2 Å². The van der Waals surface area contributed by atoms with Crippen LogP contribution in [0.2, 0.25) is 0 Å². The number of halogens is 20. The predicted octanol–water partition coefficient (Wildman–Crippen LogP) is 14.3. The first kappa shape index (κ1) is 63.2. The number of pyridine rings is 1. The zero-order valence-corrected chi connectivity index (χ0v) is 41.8. The fraction of sp³-hybridized carbons (Fsp3) is 0.345. The van der Waals surface area contributed by atoms with Crippen LogP contribution in [0.4, 0.5) is 87.8 Å². The second-order valence-electron chi connectivity index (χ2n) is 18.4. The molecule has 0 aliphatic carbocycles. The lowest BCUT2D eigenvalue weighted by Crippen LogP contribution is -2.81. The fourth-order valence-corrected chi connectivity index (χ4v) is 9.25. The van der Waals surface area contributed by atoms with E-state index in [1.54, 1.807) is 0 Å². The second-order valence-corrected chi connectivity index (χ2v) is 18.4. The number of hydrogen-bond donors (Lipinski definition) is 0. The summed E-state index contributed by atoms with van der Waals surface area (Å²) < 4.78 is 302. The molecule has 1 aromatic heterocycles. The van der Waals surface area contributed by atoms with Crippen LogP contribution in [0.25, 0.3) is 0 Å². The Bertz CT molecular complexity index is 2710. The number of rotatable bonds is 25. The van der Waals surface area contributed by atoms with Gasteiger partial charge in [-0.25, -0.2) is 87.8 Å². The Labute approximate surface area is 440 Å². The van der Waals surface area contributed by atoms with Gasteiger partial charge in [-0.1, -0.05) is 109 Å². The van der Waals surface area contributed by atoms with E-state index >= 15 is 35.1 Å². The van der Waals surface area contributed by atoms with Crippen LogP contribution in [0.5, 0.6) is 5.75 Å². The summed E-state index contributed by atoms with van der Waals surface area (Å²) >= 11 is 0. The van der Waals surface area contributed by atoms with E-state index in [0.29, 0.717) is 6.54 Å². The van der Waals surface area contributed by atoms with Gasteiger partial charge in [-0.3, -0.25) is 4.79 Å². The summed E-state index contributed by atoms with van der Waals surface area (Å²) in [5, 5.41) is 0. The molecule has 0 N–H and O–H groups in total. The van der Waals surface area contributed by atoms with Crippen LogP contribution in [0, 0.1) is 116 Å². The number of hydrogen-bond acceptors (Lipinski definition) is 2. The van der Waals surface area contributed by atoms with Crippen molar-refractivity contribution in [3.05, 3.63) is 177 Å². The molecule has 0 saturated carbocycles. The third-order valence-corrected chi connectivity index (χ3v) is 13.3. The zero-order valence-electron chi connectivity index (χ0n) is 41.8. The third-order valence-electron chi connectivity index (χ3n) is 13.3. The van der Waals surface area contributed by atoms with Crippen molar-refractivity contribution in [2.75, 3.05) is 6.61 Å². The van der Waals surface area contributed by atoms with Gasteiger partial charge in [-0.05, 0) is 30.7 Å². The van der Waals surface area contributed by atoms with Gasteiger partial charge in [0, 0.05) is 17.7 Å². The molecule has 0 aliphatic rings. The van der Waals surface area contributed by atoms with E-state index in [4.69, 9.17) is 4.74 Å². The lowest BCUT2D eigenvalue weighted by Gasteiger charge is -2.44. The molecule has 1 heterocycles. The van der Waals surface area contributed by atoms with Crippen molar-refractivity contribution in [3.8, 4) is 5.75 Å². The van der Waals surface area contributed by atoms with Gasteiger partial charge < -0.3 is 4.74 Å². The van der Waals surface area contributed by atoms with Crippen LogP contribution >= 0.6 is 0 Å². The lowest BCUT2D eigenvalue weighted by atomic mass is 9.12. The minimum absolute atomic E-state index is 0.112. The van der Waals surface area contributed by atoms with Crippen LogP contribution in [-0.4, -0.2) is 18.5 Å². The number of aromatic nitrogens is 1. The number of unbranched alkanes of at least 4 members (excludes halogenated alkanes) is 15. The molecule has 0 amide bonds. The number of Topliss-reactive ketones (excluding diaryl/α,β-unsaturated/α-hetero) is 1. The van der Waals surface area contributed by atoms with Gasteiger partial charge in [-0.15, -0.1) is 21.9 Å². The molecule has 0 aliphatic heterocycles. The predicted molar refractivity (Wildman–Crippen MR) is 252 cm³/mol. The third kappa shape index (κ3) is 13.7. The minimum Gasteiger partial charge on any atom is -0.494 e. The highest BCUT2D eigenvalue weighted by Crippen LogP contribution is 2.31. The highest BCUT2D eigenvalue weighted by Gasteiger charge is 2.52. The van der Waals surface area contributed by atoms with Crippen molar-refractivity contribution < 1.29 is 102 Å². The van der Waals surface area contributed by atoms with E-state index in [2.05, 4.69) is 6.92 Å². The SMILES string of the molecule is CCCCCCCCCCCCCCCCCCOc1ccc(C(=O)C[n+]2ccccc2)cc1.Fc1c(F)c(F)c([B-](c2c(F)c(F)c(F)c(F)c2F)(c2c(F)c(F)c(F)c(F)c2F)c2c(F)c(F)c(F)c(F)c2F)c(F)c1F. The fourth-order valence-electron chi connectivity index (χ4n) is 9.25. The summed E-state index contributed by atoms with van der Waals surface area (Å²) in [6.45, 7) is 3.40. The molecular formula is C55H48BF20NO2. The maximum atomic E-state index is 15.4. The van der Waals surface area contributed by atoms with Gasteiger partial charge in [0.1, 0.15) is 58.4 Å². The van der Waals surface area contributed by atoms with Crippen LogP contribution in [0.3, 0.4) is 0 Å². The Morgan fingerprint density at radius 2 is 0.608 bits per heavy atom. The molecule has 6 aromatic rings. The average Bonchev–Trinajstić information content (AvgIpc) is 3.25. The number of benzene rings is 5. The minimum atomic E-state index is -7.22. The Morgan fingerprint density at radius 1 is 0.354 bits per heavy atom. The zero-order chi connectivity index (χ0) is 58.5. The highest BCUT2D eigenvalue weighted by atomic mass is 19.2. The molecule has 79 heavy (non-hydrogen) atoms. The first-order valence-corrected chi connectivity index (χ1v) is 24.9. The van der Waals surface area contributed by atoms with Gasteiger partial charge in [-0.2, -0.15) is 4.57 Å². The quantitative estimate of drug-likeness (QED) is 0.0109. The van der Waals surface area contributed by atoms with Gasteiger partial charge >= 0.3 is 0 Å². The van der Waals surface area contributed by atoms with E-state index in [1.165, 1.54) is 96.3 Å². The Morgan fingerprint density at radius 3 is 0.886 bits per heavy atom. The largest absolute Gasteiger partial charge is 0.494 e. The monoisotopic (exact) mass is 1150 g/mol. The number of ketones is 1. The van der Waals surface area contributed by atoms with Gasteiger partial charge in [0.2, 0.25) is 12.3 Å². The topological polar surface area (TPSA) is 30.2 Å². The van der Waals surface area contributed by atoms with Crippen molar-refractivity contribution in [1.29, 1.82) is 0 Å². The molecule has 428 valence electrons. The van der Waals surface area contributed by atoms with E-state index in [9.17, 15) is 57.5 Å². The summed E-state index contributed by atoms with van der Waals surface area (Å²) in [7, 11) is 0. The average molecular weight is 1150 g/mol. The molecule has 5 aromatic carbocycles. The van der Waals surface area contributed by atoms with Crippen LogP contribution in [0.1, 0.15) is 120 Å². The Kier molecular flexibility index (Phi) is 22.8. The molecule has 0 atom stereocenters. The maximum absolute atomic E-state index is 15.4. The molecule has 3 nitrogen and oxygen atoms in total. The number of ether oxygens (including phenoxy) is 1. The van der Waals surface area contributed by atoms with Crippen LogP contribution in [0.15, 0.2) is 54.9 Å². The van der Waals surface area contributed by atoms with Crippen LogP contribution in [-0.2, 0) is 6.54 Å². The first-order chi connectivity index (χ1) is 37.5. The van der Waals surface area contributed by atoms with Crippen molar-refractivity contribution in [3.63, 3.8) is 0 Å². The van der Waals surface area contributed by atoms with Gasteiger partial charge in [0.05, 0.1) is 6.61 Å². The smallest absolute Gasteiger partial charge is 0.227 e. The summed E-state index contributed by atoms with van der Waals surface area (Å²) in [5.74, 6) is -70.4. The van der Waals surface area contributed by atoms with Crippen molar-refractivity contribution in [1.82, 2.24) is 0 Å². The van der Waals surface area contributed by atoms with E-state index in [1.807, 2.05) is 59.4 Å². The lowest BCUT2D eigenvalue weighted by molar-refractivity contribution is -0.683. The number of nitrogens with zero attached hydrogens (tertiary/aromatic N) is 1. The summed E-state index contributed by atoms with van der Waals surface area (Å²) in [6.07, 6.45) is 18.7. The molecule has 6 rings (SSSR count). The van der Waals surface area contributed by atoms with Crippen molar-refractivity contribution >= 4 is 33.8 Å². The molecule has 0 saturated heterocycles. The highest BCUT2D eigenvalue weighted by molar-refractivity contribution is 7.20. The maximum Gasteiger partial charge on any atom is 0.227 e. The standard InChI is InChI=1S/C31H48NO2.C24BF20/c1-2-3-4-5-6-7-8-9-10-11-12-13-14-15-16-20-27-34-30-23-21-29(22-24-30)31(33)28-32-25-18-17-19-26-32;26-5-1(6(27)14(35)21(42)13(5)34)25(2-7(28)15(36)22(43)16(37)8(2)29,3-9(30)17(38)23(44)18(39)10(3)31)4-11(32)19(40)24(45)20(41)12(4)33/h17-19,21-26H,2-16,20,27-28H2,1H3;/q+1;-1. The first-order valence-electron chi connectivity index (χ1n) is 24.9. The van der Waals surface area contributed by atoms with Crippen molar-refractivity contribution in [2.45, 2.75) is 116 Å². The van der Waals surface area contributed by atoms with Crippen molar-refractivity contribution in [2.24, 2.45) is 0 Å². The van der Waals surface area contributed by atoms with E-state index in [0.717, 1.165) is 24.3 Å². The molecule has 0 bridgehead atoms. The summed E-state index contributed by atoms with van der Waals surface area (Å²) in [4.78, 5) is 12.4. The van der Waals surface area contributed by atoms with Crippen LogP contribution < -0.4 is 31.2 Å². The number of carbonyl (C=O) groups excluding carboxylic acids is 1. The Balaban J connectivity index is 0.000000303. The normalized spacial score (nSPS) is 11.6. The van der Waals surface area contributed by atoms with Gasteiger partial charge in [0.25, 0.3) is 0 Å². The molecule has 0 fully saturated rings. The molecule has 0 radical (unpaired) electrons. The summed E-state index contributed by atoms with van der Waals surface area (Å²) in [5.41, 5.74) is -13.6. The molecular weight excluding hydrogens is 1100 g/mol. The summed E-state index contributed by atoms with van der Waals surface area (Å²) in [6, 6.07) is 13.4.